The zero-order chi connectivity index (χ0) is 10.3. The molecule has 13 heavy (non-hydrogen) atoms. The van der Waals surface area contributed by atoms with Crippen LogP contribution in [0.3, 0.4) is 0 Å². The van der Waals surface area contributed by atoms with Crippen LogP contribution in [0.25, 0.3) is 0 Å². The Kier molecular flexibility index (Phi) is 6.81. The monoisotopic (exact) mass is 225 g/mol. The minimum absolute atomic E-state index is 0.235. The number of hydrogen-bond donors (Lipinski definition) is 1. The van der Waals surface area contributed by atoms with E-state index in [1.165, 1.54) is 6.26 Å². The van der Waals surface area contributed by atoms with Crippen LogP contribution in [0.2, 0.25) is 0 Å². The molecular formula is C8H19NO2S2. The number of sulfone groups is 1. The maximum Gasteiger partial charge on any atom is 0.148 e. The standard InChI is InChI=1S/C8H19NO2S2/c1-8(7-12-2)6-9-4-5-13(3,10)11/h8-9H,4-7H2,1-3H3. The third-order valence-electron chi connectivity index (χ3n) is 1.59. The fraction of sp³-hybridized carbons (Fsp3) is 1.00. The zero-order valence-corrected chi connectivity index (χ0v) is 10.2. The Hall–Kier alpha value is 0.260. The molecule has 0 spiro atoms. The number of hydrogen-bond acceptors (Lipinski definition) is 4. The van der Waals surface area contributed by atoms with Gasteiger partial charge in [0.15, 0.2) is 0 Å². The molecule has 0 aliphatic heterocycles. The average molecular weight is 225 g/mol. The van der Waals surface area contributed by atoms with Crippen LogP contribution < -0.4 is 5.32 Å². The Balaban J connectivity index is 3.36. The Morgan fingerprint density at radius 2 is 2.08 bits per heavy atom. The van der Waals surface area contributed by atoms with Crippen LogP contribution in [0.1, 0.15) is 6.92 Å². The summed E-state index contributed by atoms with van der Waals surface area (Å²) in [5, 5.41) is 3.13. The van der Waals surface area contributed by atoms with Crippen molar-refractivity contribution in [2.45, 2.75) is 6.92 Å². The lowest BCUT2D eigenvalue weighted by Crippen LogP contribution is -2.27. The van der Waals surface area contributed by atoms with E-state index in [1.54, 1.807) is 0 Å². The van der Waals surface area contributed by atoms with E-state index in [1.807, 2.05) is 11.8 Å². The highest BCUT2D eigenvalue weighted by Gasteiger charge is 2.03. The summed E-state index contributed by atoms with van der Waals surface area (Å²) in [5.74, 6) is 1.96. The molecule has 0 saturated heterocycles. The van der Waals surface area contributed by atoms with Gasteiger partial charge in [-0.15, -0.1) is 0 Å². The molecule has 0 aromatic rings. The summed E-state index contributed by atoms with van der Waals surface area (Å²) in [6.45, 7) is 3.62. The molecule has 0 aromatic carbocycles. The molecular weight excluding hydrogens is 206 g/mol. The van der Waals surface area contributed by atoms with Crippen molar-refractivity contribution in [2.75, 3.05) is 37.1 Å². The van der Waals surface area contributed by atoms with Gasteiger partial charge in [-0.05, 0) is 24.5 Å². The fourth-order valence-electron chi connectivity index (χ4n) is 0.949. The third kappa shape index (κ3) is 10.2. The van der Waals surface area contributed by atoms with Gasteiger partial charge in [-0.25, -0.2) is 8.42 Å². The minimum atomic E-state index is -2.80. The molecule has 1 N–H and O–H groups in total. The minimum Gasteiger partial charge on any atom is -0.315 e. The molecule has 3 nitrogen and oxygen atoms in total. The third-order valence-corrected chi connectivity index (χ3v) is 3.44. The molecule has 80 valence electrons. The van der Waals surface area contributed by atoms with E-state index in [0.29, 0.717) is 12.5 Å². The lowest BCUT2D eigenvalue weighted by atomic mass is 10.2. The highest BCUT2D eigenvalue weighted by atomic mass is 32.2. The Morgan fingerprint density at radius 3 is 2.54 bits per heavy atom. The van der Waals surface area contributed by atoms with Crippen LogP contribution in [-0.4, -0.2) is 45.5 Å². The summed E-state index contributed by atoms with van der Waals surface area (Å²) < 4.78 is 21.5. The molecule has 0 rings (SSSR count). The van der Waals surface area contributed by atoms with E-state index in [9.17, 15) is 8.42 Å². The lowest BCUT2D eigenvalue weighted by Gasteiger charge is -2.10. The first-order chi connectivity index (χ1) is 5.95. The molecule has 0 heterocycles. The van der Waals surface area contributed by atoms with Gasteiger partial charge in [0.05, 0.1) is 5.75 Å². The van der Waals surface area contributed by atoms with Gasteiger partial charge in [0, 0.05) is 12.8 Å². The second-order valence-electron chi connectivity index (χ2n) is 3.39. The topological polar surface area (TPSA) is 46.2 Å². The summed E-state index contributed by atoms with van der Waals surface area (Å²) in [6, 6.07) is 0. The molecule has 0 bridgehead atoms. The lowest BCUT2D eigenvalue weighted by molar-refractivity contribution is 0.564. The Morgan fingerprint density at radius 1 is 1.46 bits per heavy atom. The molecule has 1 unspecified atom stereocenters. The second-order valence-corrected chi connectivity index (χ2v) is 6.56. The molecule has 0 aliphatic rings. The quantitative estimate of drug-likeness (QED) is 0.645. The van der Waals surface area contributed by atoms with Crippen molar-refractivity contribution in [1.29, 1.82) is 0 Å². The first-order valence-electron chi connectivity index (χ1n) is 4.33. The molecule has 0 saturated carbocycles. The first-order valence-corrected chi connectivity index (χ1v) is 7.78. The highest BCUT2D eigenvalue weighted by Crippen LogP contribution is 2.02. The van der Waals surface area contributed by atoms with Crippen LogP contribution in [0.15, 0.2) is 0 Å². The fourth-order valence-corrected chi connectivity index (χ4v) is 2.15. The maximum atomic E-state index is 10.8. The SMILES string of the molecule is CSCC(C)CNCCS(C)(=O)=O. The van der Waals surface area contributed by atoms with Gasteiger partial charge in [-0.3, -0.25) is 0 Å². The van der Waals surface area contributed by atoms with E-state index in [4.69, 9.17) is 0 Å². The molecule has 0 fully saturated rings. The van der Waals surface area contributed by atoms with Gasteiger partial charge in [0.25, 0.3) is 0 Å². The Bertz CT molecular complexity index is 214. The van der Waals surface area contributed by atoms with Crippen LogP contribution in [-0.2, 0) is 9.84 Å². The molecule has 0 amide bonds. The molecule has 0 aliphatic carbocycles. The van der Waals surface area contributed by atoms with Gasteiger partial charge >= 0.3 is 0 Å². The van der Waals surface area contributed by atoms with Crippen LogP contribution in [0.4, 0.5) is 0 Å². The van der Waals surface area contributed by atoms with E-state index >= 15 is 0 Å². The number of nitrogens with one attached hydrogen (secondary N) is 1. The van der Waals surface area contributed by atoms with Gasteiger partial charge in [-0.1, -0.05) is 6.92 Å². The summed E-state index contributed by atoms with van der Waals surface area (Å²) in [6.07, 6.45) is 3.34. The van der Waals surface area contributed by atoms with Crippen LogP contribution in [0, 0.1) is 5.92 Å². The molecule has 5 heteroatoms. The van der Waals surface area contributed by atoms with Gasteiger partial charge in [0.1, 0.15) is 9.84 Å². The van der Waals surface area contributed by atoms with Gasteiger partial charge in [-0.2, -0.15) is 11.8 Å². The smallest absolute Gasteiger partial charge is 0.148 e. The summed E-state index contributed by atoms with van der Waals surface area (Å²) in [5.41, 5.74) is 0. The maximum absolute atomic E-state index is 10.8. The van der Waals surface area contributed by atoms with Crippen LogP contribution >= 0.6 is 11.8 Å². The normalized spacial score (nSPS) is 14.4. The van der Waals surface area contributed by atoms with Crippen molar-refractivity contribution >= 4 is 21.6 Å². The van der Waals surface area contributed by atoms with Gasteiger partial charge < -0.3 is 5.32 Å². The van der Waals surface area contributed by atoms with E-state index < -0.39 is 9.84 Å². The predicted octanol–water partition coefficient (Wildman–Crippen LogP) is 0.620. The molecule has 0 aromatic heterocycles. The zero-order valence-electron chi connectivity index (χ0n) is 8.54. The van der Waals surface area contributed by atoms with E-state index in [-0.39, 0.29) is 5.75 Å². The van der Waals surface area contributed by atoms with Crippen molar-refractivity contribution in [1.82, 2.24) is 5.32 Å². The summed E-state index contributed by atoms with van der Waals surface area (Å²) in [7, 11) is -2.80. The first kappa shape index (κ1) is 13.3. The average Bonchev–Trinajstić information content (AvgIpc) is 1.97. The molecule has 1 atom stereocenters. The Labute approximate surface area is 85.6 Å². The van der Waals surface area contributed by atoms with Crippen molar-refractivity contribution in [3.63, 3.8) is 0 Å². The largest absolute Gasteiger partial charge is 0.315 e. The highest BCUT2D eigenvalue weighted by molar-refractivity contribution is 7.98. The van der Waals surface area contributed by atoms with Gasteiger partial charge in [0.2, 0.25) is 0 Å². The number of rotatable bonds is 7. The van der Waals surface area contributed by atoms with Crippen molar-refractivity contribution in [3.05, 3.63) is 0 Å². The second kappa shape index (κ2) is 6.68. The van der Waals surface area contributed by atoms with Crippen molar-refractivity contribution in [3.8, 4) is 0 Å². The van der Waals surface area contributed by atoms with Crippen molar-refractivity contribution < 1.29 is 8.42 Å². The summed E-state index contributed by atoms with van der Waals surface area (Å²) in [4.78, 5) is 0. The van der Waals surface area contributed by atoms with E-state index in [0.717, 1.165) is 12.3 Å². The van der Waals surface area contributed by atoms with Crippen molar-refractivity contribution in [2.24, 2.45) is 5.92 Å². The predicted molar refractivity (Wildman–Crippen MR) is 60.1 cm³/mol. The van der Waals surface area contributed by atoms with Crippen LogP contribution in [0.5, 0.6) is 0 Å². The molecule has 0 radical (unpaired) electrons. The van der Waals surface area contributed by atoms with E-state index in [2.05, 4.69) is 18.5 Å². The number of thioether (sulfide) groups is 1. The summed E-state index contributed by atoms with van der Waals surface area (Å²) >= 11 is 1.82.